The van der Waals surface area contributed by atoms with Gasteiger partial charge in [0.1, 0.15) is 105 Å². The Hall–Kier alpha value is -13.5. The number of fused-ring (bicyclic) bond motifs is 12. The van der Waals surface area contributed by atoms with Crippen LogP contribution in [0.15, 0.2) is 116 Å². The number of aliphatic hydroxyl groups excluding tert-OH is 8. The molecular formula is C98H114F7N13O31. The van der Waals surface area contributed by atoms with E-state index in [-0.39, 0.29) is 133 Å². The third-order valence-electron chi connectivity index (χ3n) is 29.7. The molecule has 51 heteroatoms. The smallest absolute Gasteiger partial charge is 0.413 e. The highest BCUT2D eigenvalue weighted by molar-refractivity contribution is 6.28. The quantitative estimate of drug-likeness (QED) is 0.0173. The fourth-order valence-electron chi connectivity index (χ4n) is 23.3. The number of amides is 4. The first-order valence-electron chi connectivity index (χ1n) is 46.7. The number of hydrazine groups is 1. The molecule has 4 fully saturated rings. The number of phenols is 4. The van der Waals surface area contributed by atoms with Crippen molar-refractivity contribution in [3.05, 3.63) is 183 Å². The summed E-state index contributed by atoms with van der Waals surface area (Å²) in [4.78, 5) is 175. The summed E-state index contributed by atoms with van der Waals surface area (Å²) in [5.41, 5.74) is 19.8. The summed E-state index contributed by atoms with van der Waals surface area (Å²) < 4.78 is 86.7. The minimum Gasteiger partial charge on any atom is -0.508 e. The Morgan fingerprint density at radius 1 is 0.383 bits per heavy atom. The number of nitrogens with two attached hydrogens (primary N) is 4. The molecule has 4 aromatic carbocycles. The van der Waals surface area contributed by atoms with E-state index in [1.165, 1.54) is 104 Å². The lowest BCUT2D eigenvalue weighted by Crippen LogP contribution is -2.65. The Morgan fingerprint density at radius 3 is 0.819 bits per heavy atom. The highest BCUT2D eigenvalue weighted by Gasteiger charge is 2.70. The number of alkyl halides is 7. The summed E-state index contributed by atoms with van der Waals surface area (Å²) in [6.07, 6.45) is -9.69. The second-order valence-electron chi connectivity index (χ2n) is 39.0. The van der Waals surface area contributed by atoms with Gasteiger partial charge < -0.3 is 105 Å². The van der Waals surface area contributed by atoms with Gasteiger partial charge in [-0.05, 0) is 200 Å². The average Bonchev–Trinajstić information content (AvgIpc) is 0.709. The number of rotatable bonds is 27. The molecule has 0 spiro atoms. The number of ketones is 8. The van der Waals surface area contributed by atoms with Crippen LogP contribution >= 0.6 is 0 Å². The lowest BCUT2D eigenvalue weighted by molar-refractivity contribution is -0.190. The highest BCUT2D eigenvalue weighted by atomic mass is 19.4. The van der Waals surface area contributed by atoms with Crippen molar-refractivity contribution in [1.82, 2.24) is 46.5 Å². The lowest BCUT2D eigenvalue weighted by Gasteiger charge is -2.50. The van der Waals surface area contributed by atoms with Gasteiger partial charge in [0, 0.05) is 85.2 Å². The third kappa shape index (κ3) is 19.3. The number of nitrogens with one attached hydrogen (secondary N) is 4. The standard InChI is InChI=1S/C26H34N4O7.C24H26F3N3O8.2C24H27F2N3O8/c1-5-28-30(6-2)11-12-7-8-16(31)18-14(12)9-13-10-15-20(29(3)4)22(33)19(25(27)36)24(35)26(15,37)23(34)17(13)21(18)32;1-30(2)17-12-6-10-5-11-9(7-29-38-8-23(25,26)27)3-4-13(31)15(11)18(32)14(10)20(34)24(12,37)21(35)16(19(17)33)22(28)36;2*1-29(2)18-12-6-10-5-11-9(7-28-37-8-14(25)26)3-4-13(30)16(11)19(31)15(10)21(33)24(12,36)22(34)17(20(18)32)23(27)35/h7-8,13,15,20,28,31-32,35,37H,5-6,9-11H2,1-4H3,(H2,27,36);3-4,10,12,17,29,31-32,35,37H,5-8H2,1-2H3,(H2,28,36);2*3-4,10,12,14,18,28,30-31,34,36H,5-8H2,1-2H3,(H2,27,35)/t13-,15-,20-,26-;10-,12-,17+,24-;10-,12-,18+,24-;10-,12-,18-,24-/m0000/s1. The lowest BCUT2D eigenvalue weighted by atomic mass is 9.57. The molecule has 149 heavy (non-hydrogen) atoms. The molecule has 0 aromatic heterocycles. The van der Waals surface area contributed by atoms with Crippen LogP contribution in [0, 0.1) is 47.3 Å². The maximum absolute atomic E-state index is 13.9. The maximum atomic E-state index is 13.9. The monoisotopic (exact) mass is 2100 g/mol. The summed E-state index contributed by atoms with van der Waals surface area (Å²) in [6, 6.07) is 6.59. The van der Waals surface area contributed by atoms with E-state index in [9.17, 15) is 170 Å². The van der Waals surface area contributed by atoms with Gasteiger partial charge >= 0.3 is 6.18 Å². The van der Waals surface area contributed by atoms with E-state index in [0.29, 0.717) is 58.6 Å². The third-order valence-corrected chi connectivity index (χ3v) is 29.7. The Balaban J connectivity index is 0.000000166. The Kier molecular flexibility index (Phi) is 32.1. The molecule has 0 heterocycles. The molecule has 4 aromatic rings. The van der Waals surface area contributed by atoms with E-state index in [0.717, 1.165) is 5.56 Å². The molecular weight excluding hydrogens is 1990 g/mol. The summed E-state index contributed by atoms with van der Waals surface area (Å²) in [7, 11) is 12.1. The van der Waals surface area contributed by atoms with Crippen LogP contribution in [-0.2, 0) is 124 Å². The number of carbonyl (C=O) groups excluding carboxylic acids is 12. The maximum Gasteiger partial charge on any atom is 0.413 e. The van der Waals surface area contributed by atoms with Crippen molar-refractivity contribution in [1.29, 1.82) is 0 Å². The summed E-state index contributed by atoms with van der Waals surface area (Å²) in [5, 5.41) is 178. The second kappa shape index (κ2) is 42.5. The van der Waals surface area contributed by atoms with Gasteiger partial charge in [-0.15, -0.1) is 0 Å². The zero-order valence-electron chi connectivity index (χ0n) is 81.7. The normalized spacial score (nSPS) is 27.5. The summed E-state index contributed by atoms with van der Waals surface area (Å²) in [6.45, 7) is 2.26. The molecule has 0 aliphatic heterocycles. The number of phenolic OH excluding ortho intramolecular Hbond substituents is 4. The fraction of sp³-hybridized carbons (Fsp3) is 0.469. The molecule has 806 valence electrons. The van der Waals surface area contributed by atoms with Crippen molar-refractivity contribution >= 4 is 92.9 Å². The number of primary amides is 4. The molecule has 0 saturated heterocycles. The van der Waals surface area contributed by atoms with E-state index in [1.54, 1.807) is 20.2 Å². The number of likely N-dealkylation sites (N-methyl/N-ethyl adjacent to an activating group) is 4. The molecule has 16 rings (SSSR count). The van der Waals surface area contributed by atoms with Crippen molar-refractivity contribution in [3.8, 4) is 23.0 Å². The van der Waals surface area contributed by atoms with Crippen molar-refractivity contribution in [2.45, 2.75) is 157 Å². The molecule has 0 bridgehead atoms. The number of aromatic hydroxyl groups is 4. The van der Waals surface area contributed by atoms with Gasteiger partial charge in [0.2, 0.25) is 23.1 Å². The Labute approximate surface area is 842 Å². The molecule has 4 amide bonds. The van der Waals surface area contributed by atoms with E-state index in [4.69, 9.17) is 32.6 Å². The molecule has 12 aliphatic carbocycles. The van der Waals surface area contributed by atoms with Crippen LogP contribution in [0.3, 0.4) is 0 Å². The van der Waals surface area contributed by atoms with Crippen LogP contribution in [0.25, 0.3) is 23.0 Å². The minimum atomic E-state index is -4.56. The first kappa shape index (κ1) is 113. The van der Waals surface area contributed by atoms with Crippen LogP contribution in [0.2, 0.25) is 0 Å². The van der Waals surface area contributed by atoms with Crippen molar-refractivity contribution in [2.24, 2.45) is 70.3 Å². The molecule has 44 nitrogen and oxygen atoms in total. The molecule has 28 N–H and O–H groups in total. The second-order valence-corrected chi connectivity index (χ2v) is 39.0. The van der Waals surface area contributed by atoms with E-state index in [2.05, 4.69) is 26.7 Å². The number of carbonyl (C=O) groups is 12. The number of aliphatic hydroxyl groups is 12. The number of nitrogens with zero attached hydrogens (tertiary/aromatic N) is 5. The minimum absolute atomic E-state index is 0.000771. The number of hydroxylamine groups is 3. The van der Waals surface area contributed by atoms with Gasteiger partial charge in [0.15, 0.2) is 52.1 Å². The number of halogens is 7. The SMILES string of the molecule is CCNN(CC)Cc1ccc(O)c2c1C[C@H]1C[C@H]3[C@H](N(C)C)C(=O)C(C(N)=O)=C(O)[C@@]3(O)C(=O)C1=C2O.CN(C)[C@@H]1C(=O)C(C(N)=O)=C(O)[C@@]2(O)C(=O)C3=C(O)c4c(O)ccc(CNOCC(F)F)c4C[C@H]3C[C@@H]12.CN(C)[C@H]1C(=O)C(C(N)=O)=C(O)[C@@]2(O)C(=O)C3=C(O)c4c(O)ccc(CNOCC(F)(F)F)c4C[C@H]3C[C@@H]12.CN(C)[C@H]1C(=O)C(C(N)=O)=C(O)[C@@]2(O)C(=O)C3=C(O)c4c(O)ccc(CNOCC(F)F)c4C[C@H]3C[C@@H]12. The van der Waals surface area contributed by atoms with Crippen LogP contribution in [-0.4, -0.2) is 331 Å². The molecule has 0 unspecified atom stereocenters. The highest BCUT2D eigenvalue weighted by Crippen LogP contribution is 2.60. The Bertz CT molecular complexity index is 6360. The van der Waals surface area contributed by atoms with Gasteiger partial charge in [0.25, 0.3) is 36.5 Å². The Morgan fingerprint density at radius 2 is 0.611 bits per heavy atom. The molecule has 4 saturated carbocycles. The predicted molar refractivity (Wildman–Crippen MR) is 503 cm³/mol. The zero-order chi connectivity index (χ0) is 111. The van der Waals surface area contributed by atoms with Crippen molar-refractivity contribution in [2.75, 3.05) is 89.3 Å². The summed E-state index contributed by atoms with van der Waals surface area (Å²) in [5.74, 6) is -29.1. The van der Waals surface area contributed by atoms with E-state index >= 15 is 0 Å². The molecule has 12 aliphatic rings. The topological polar surface area (TPSA) is 725 Å². The van der Waals surface area contributed by atoms with E-state index < -0.39 is 277 Å². The van der Waals surface area contributed by atoms with Crippen molar-refractivity contribution < 1.29 is 184 Å². The number of hydrogen-bond acceptors (Lipinski definition) is 40. The van der Waals surface area contributed by atoms with Gasteiger partial charge in [0.05, 0.1) is 46.4 Å². The van der Waals surface area contributed by atoms with Crippen LogP contribution < -0.4 is 44.8 Å². The predicted octanol–water partition coefficient (Wildman–Crippen LogP) is 1.36. The molecule has 0 radical (unpaired) electrons. The van der Waals surface area contributed by atoms with Gasteiger partial charge in [-0.3, -0.25) is 97.1 Å². The number of benzene rings is 4. The average molecular weight is 2100 g/mol. The summed E-state index contributed by atoms with van der Waals surface area (Å²) >= 11 is 0. The first-order valence-corrected chi connectivity index (χ1v) is 46.7. The zero-order valence-corrected chi connectivity index (χ0v) is 81.7. The van der Waals surface area contributed by atoms with Crippen molar-refractivity contribution in [3.63, 3.8) is 0 Å². The van der Waals surface area contributed by atoms with Crippen LogP contribution in [0.1, 0.15) is 106 Å². The van der Waals surface area contributed by atoms with Gasteiger partial charge in [-0.25, -0.2) is 22.6 Å². The van der Waals surface area contributed by atoms with Gasteiger partial charge in [-0.1, -0.05) is 38.1 Å². The van der Waals surface area contributed by atoms with Gasteiger partial charge in [-0.2, -0.15) is 29.6 Å². The fourth-order valence-corrected chi connectivity index (χ4v) is 23.3. The first-order chi connectivity index (χ1) is 69.6. The van der Waals surface area contributed by atoms with E-state index in [1.807, 2.05) is 18.9 Å². The van der Waals surface area contributed by atoms with Crippen LogP contribution in [0.4, 0.5) is 30.7 Å². The largest absolute Gasteiger partial charge is 0.508 e. The van der Waals surface area contributed by atoms with Crippen LogP contribution in [0.5, 0.6) is 23.0 Å². The molecule has 16 atom stereocenters. The number of hydrogen-bond donors (Lipinski definition) is 24. The number of Topliss-reactive ketones (excluding diaryl/α,β-unsaturated/α-hetero) is 8.